The van der Waals surface area contributed by atoms with Gasteiger partial charge in [-0.15, -0.1) is 0 Å². The minimum absolute atomic E-state index is 0.0460. The summed E-state index contributed by atoms with van der Waals surface area (Å²) in [5.74, 6) is -0.829. The van der Waals surface area contributed by atoms with Gasteiger partial charge in [-0.3, -0.25) is 10.0 Å². The van der Waals surface area contributed by atoms with E-state index in [-0.39, 0.29) is 11.3 Å². The Bertz CT molecular complexity index is 983. The van der Waals surface area contributed by atoms with Crippen molar-refractivity contribution in [2.45, 2.75) is 17.4 Å². The van der Waals surface area contributed by atoms with Crippen LogP contribution in [0, 0.1) is 0 Å². The number of hydrogen-bond acceptors (Lipinski definition) is 4. The van der Waals surface area contributed by atoms with Gasteiger partial charge in [0.2, 0.25) is 10.0 Å². The second-order valence-corrected chi connectivity index (χ2v) is 7.24. The molecule has 2 aromatic carbocycles. The van der Waals surface area contributed by atoms with E-state index in [2.05, 4.69) is 9.71 Å². The Balaban J connectivity index is 1.89. The van der Waals surface area contributed by atoms with Gasteiger partial charge in [0.25, 0.3) is 5.91 Å². The monoisotopic (exact) mass is 359 g/mol. The number of fused-ring (bicyclic) bond motifs is 1. The molecule has 1 atom stereocenters. The van der Waals surface area contributed by atoms with E-state index in [1.165, 1.54) is 17.6 Å². The zero-order valence-electron chi connectivity index (χ0n) is 13.1. The number of amides is 1. The summed E-state index contributed by atoms with van der Waals surface area (Å²) >= 11 is 0. The molecule has 130 valence electrons. The number of sulfonamides is 1. The summed E-state index contributed by atoms with van der Waals surface area (Å²) < 4.78 is 27.3. The van der Waals surface area contributed by atoms with Gasteiger partial charge < -0.3 is 4.98 Å². The lowest BCUT2D eigenvalue weighted by Gasteiger charge is -2.16. The molecule has 0 spiro atoms. The molecule has 1 aromatic heterocycles. The molecule has 0 aliphatic carbocycles. The molecule has 3 aromatic rings. The first-order chi connectivity index (χ1) is 12.0. The predicted molar refractivity (Wildman–Crippen MR) is 92.5 cm³/mol. The fourth-order valence-electron chi connectivity index (χ4n) is 2.64. The van der Waals surface area contributed by atoms with E-state index in [1.54, 1.807) is 24.4 Å². The second-order valence-electron chi connectivity index (χ2n) is 5.53. The number of hydrogen-bond donors (Lipinski definition) is 4. The number of benzene rings is 2. The molecule has 0 aliphatic heterocycles. The molecule has 0 radical (unpaired) electrons. The first-order valence-corrected chi connectivity index (χ1v) is 9.06. The normalized spacial score (nSPS) is 12.8. The molecule has 0 fully saturated rings. The van der Waals surface area contributed by atoms with Crippen molar-refractivity contribution >= 4 is 26.8 Å². The zero-order valence-corrected chi connectivity index (χ0v) is 14.0. The molecule has 0 saturated heterocycles. The van der Waals surface area contributed by atoms with Crippen molar-refractivity contribution < 1.29 is 18.4 Å². The molecule has 0 saturated carbocycles. The SMILES string of the molecule is O=C(NO)C(Cc1c[nH]c2ccccc12)NS(=O)(=O)c1ccccc1. The Morgan fingerprint density at radius 3 is 2.48 bits per heavy atom. The van der Waals surface area contributed by atoms with Gasteiger partial charge in [0, 0.05) is 17.1 Å². The largest absolute Gasteiger partial charge is 0.361 e. The van der Waals surface area contributed by atoms with Gasteiger partial charge in [0.05, 0.1) is 4.90 Å². The minimum atomic E-state index is -3.90. The Morgan fingerprint density at radius 2 is 1.76 bits per heavy atom. The standard InChI is InChI=1S/C17H17N3O4S/c21-17(19-22)16(20-25(23,24)13-6-2-1-3-7-13)10-12-11-18-15-9-5-4-8-14(12)15/h1-9,11,16,18,20,22H,10H2,(H,19,21). The molecule has 25 heavy (non-hydrogen) atoms. The number of rotatable bonds is 6. The summed E-state index contributed by atoms with van der Waals surface area (Å²) in [6.07, 6.45) is 1.81. The van der Waals surface area contributed by atoms with Crippen LogP contribution in [-0.4, -0.2) is 30.6 Å². The fraction of sp³-hybridized carbons (Fsp3) is 0.118. The third kappa shape index (κ3) is 3.71. The quantitative estimate of drug-likeness (QED) is 0.395. The van der Waals surface area contributed by atoms with Crippen LogP contribution in [0.4, 0.5) is 0 Å². The summed E-state index contributed by atoms with van der Waals surface area (Å²) in [6.45, 7) is 0. The van der Waals surface area contributed by atoms with Crippen LogP contribution in [0.2, 0.25) is 0 Å². The average Bonchev–Trinajstić information content (AvgIpc) is 3.04. The maximum atomic E-state index is 12.5. The number of aromatic nitrogens is 1. The van der Waals surface area contributed by atoms with E-state index in [0.29, 0.717) is 0 Å². The number of aromatic amines is 1. The van der Waals surface area contributed by atoms with E-state index in [0.717, 1.165) is 16.5 Å². The minimum Gasteiger partial charge on any atom is -0.361 e. The van der Waals surface area contributed by atoms with Crippen molar-refractivity contribution in [1.29, 1.82) is 0 Å². The van der Waals surface area contributed by atoms with Crippen LogP contribution < -0.4 is 10.2 Å². The maximum Gasteiger partial charge on any atom is 0.261 e. The Kier molecular flexibility index (Phi) is 4.84. The van der Waals surface area contributed by atoms with Crippen molar-refractivity contribution in [3.8, 4) is 0 Å². The van der Waals surface area contributed by atoms with Crippen LogP contribution in [0.15, 0.2) is 65.7 Å². The smallest absolute Gasteiger partial charge is 0.261 e. The molecule has 1 amide bonds. The summed E-state index contributed by atoms with van der Waals surface area (Å²) in [5.41, 5.74) is 3.17. The van der Waals surface area contributed by atoms with Gasteiger partial charge >= 0.3 is 0 Å². The highest BCUT2D eigenvalue weighted by atomic mass is 32.2. The van der Waals surface area contributed by atoms with Crippen LogP contribution in [0.25, 0.3) is 10.9 Å². The van der Waals surface area contributed by atoms with Gasteiger partial charge in [-0.05, 0) is 30.2 Å². The van der Waals surface area contributed by atoms with Crippen molar-refractivity contribution in [2.75, 3.05) is 0 Å². The van der Waals surface area contributed by atoms with Crippen molar-refractivity contribution in [2.24, 2.45) is 0 Å². The molecule has 7 nitrogen and oxygen atoms in total. The lowest BCUT2D eigenvalue weighted by molar-refractivity contribution is -0.130. The van der Waals surface area contributed by atoms with Crippen LogP contribution >= 0.6 is 0 Å². The van der Waals surface area contributed by atoms with E-state index in [1.807, 2.05) is 24.3 Å². The third-order valence-electron chi connectivity index (χ3n) is 3.88. The fourth-order valence-corrected chi connectivity index (χ4v) is 3.86. The molecule has 8 heteroatoms. The van der Waals surface area contributed by atoms with E-state index in [9.17, 15) is 13.2 Å². The molecule has 4 N–H and O–H groups in total. The van der Waals surface area contributed by atoms with Gasteiger partial charge in [0.1, 0.15) is 6.04 Å². The summed E-state index contributed by atoms with van der Waals surface area (Å²) in [7, 11) is -3.90. The highest BCUT2D eigenvalue weighted by molar-refractivity contribution is 7.89. The van der Waals surface area contributed by atoms with Crippen molar-refractivity contribution in [3.05, 3.63) is 66.4 Å². The highest BCUT2D eigenvalue weighted by Gasteiger charge is 2.26. The highest BCUT2D eigenvalue weighted by Crippen LogP contribution is 2.20. The molecule has 0 bridgehead atoms. The van der Waals surface area contributed by atoms with E-state index in [4.69, 9.17) is 5.21 Å². The van der Waals surface area contributed by atoms with Gasteiger partial charge in [-0.1, -0.05) is 36.4 Å². The summed E-state index contributed by atoms with van der Waals surface area (Å²) in [4.78, 5) is 15.1. The van der Waals surface area contributed by atoms with E-state index >= 15 is 0 Å². The van der Waals surface area contributed by atoms with Crippen LogP contribution in [-0.2, 0) is 21.2 Å². The lowest BCUT2D eigenvalue weighted by Crippen LogP contribution is -2.47. The molecular formula is C17H17N3O4S. The zero-order chi connectivity index (χ0) is 17.9. The Hall–Kier alpha value is -2.68. The van der Waals surface area contributed by atoms with Gasteiger partial charge in [0.15, 0.2) is 0 Å². The molecule has 1 heterocycles. The number of carbonyl (C=O) groups is 1. The topological polar surface area (TPSA) is 111 Å². The van der Waals surface area contributed by atoms with Crippen molar-refractivity contribution in [3.63, 3.8) is 0 Å². The molecule has 0 aliphatic rings. The first kappa shape index (κ1) is 17.2. The van der Waals surface area contributed by atoms with Gasteiger partial charge in [-0.2, -0.15) is 4.72 Å². The Labute approximate surface area is 144 Å². The molecule has 1 unspecified atom stereocenters. The second kappa shape index (κ2) is 7.06. The molecular weight excluding hydrogens is 342 g/mol. The molecule has 3 rings (SSSR count). The summed E-state index contributed by atoms with van der Waals surface area (Å²) in [5, 5.41) is 9.86. The number of hydroxylamine groups is 1. The summed E-state index contributed by atoms with van der Waals surface area (Å²) in [6, 6.07) is 14.1. The number of nitrogens with one attached hydrogen (secondary N) is 3. The maximum absolute atomic E-state index is 12.5. The van der Waals surface area contributed by atoms with Crippen LogP contribution in [0.3, 0.4) is 0 Å². The number of H-pyrrole nitrogens is 1. The first-order valence-electron chi connectivity index (χ1n) is 7.57. The Morgan fingerprint density at radius 1 is 1.08 bits per heavy atom. The average molecular weight is 359 g/mol. The number of carbonyl (C=O) groups excluding carboxylic acids is 1. The van der Waals surface area contributed by atoms with Crippen LogP contribution in [0.1, 0.15) is 5.56 Å². The number of para-hydroxylation sites is 1. The lowest BCUT2D eigenvalue weighted by atomic mass is 10.1. The predicted octanol–water partition coefficient (Wildman–Crippen LogP) is 1.56. The van der Waals surface area contributed by atoms with Crippen molar-refractivity contribution in [1.82, 2.24) is 15.2 Å². The third-order valence-corrected chi connectivity index (χ3v) is 5.36. The van der Waals surface area contributed by atoms with Crippen LogP contribution in [0.5, 0.6) is 0 Å². The van der Waals surface area contributed by atoms with Gasteiger partial charge in [-0.25, -0.2) is 13.9 Å². The van der Waals surface area contributed by atoms with E-state index < -0.39 is 22.0 Å².